The normalized spacial score (nSPS) is 29.3. The molecular weight excluding hydrogens is 2100 g/mol. The standard InChI is InChI=1S/C76H110N19O40P5S4/c1-11-40-41(22-47(125-40)90-24-37(3)65(97)87-74(90)101)131-137(106,141)122-30-45-53(58(118-20-15-113-9)69(128-45)91-23-36(2)60(77)86-73(91)100)134-139(108,143)123-29-44-51(56(116-18-13-111-7)71(129-44)94-34-84-48-61(78)80-32-82-63(48)94)132-136(104,105)120-28-43-52(57(117-19-14-112-8)70(127-43)93-26-39(5)67(99)89-76(93)103)133-140(109,144)124-31-46-54(59(119-21-16-114-10)72(130-46)95-35-85-49-62(79)81-33-83-64(49)95)135-138(107,142)121-27-42-50(96)55(115-17-12-110-6)68(126-42)92-25-38(4)66(98)88-75(92)102/h23-26,32-35,40-47,50-59,68-72,96H,11-22,27-31H2,1-10H3,(H,104,105)(H,106,141)(H,107,142)(H,108,143)(H,109,144)(H2,77,86,100)(H2,78,80,82)(H2,79,81,83)(H,87,97,101)(H,88,98,102)(H,89,99,103)/p-5/t40-,41-,42-,43-,44-,45-,46-,47-,50+,51+,52+,53+,54+,55?,56?,57?,58?,59?,68-,69-,70-,71-,72-,137?,138?,139?,140?/m1/s1. The quantitative estimate of drug-likeness (QED) is 0.0109. The smallest absolute Gasteiger partial charge is 0.351 e. The van der Waals surface area contributed by atoms with Crippen molar-refractivity contribution in [3.8, 4) is 0 Å². The molecule has 6 aliphatic heterocycles. The Bertz CT molecular complexity index is 6510. The molecule has 0 amide bonds. The van der Waals surface area contributed by atoms with E-state index in [1.54, 1.807) is 6.92 Å². The highest BCUT2D eigenvalue weighted by molar-refractivity contribution is 8.32. The number of imidazole rings is 2. The maximum absolute atomic E-state index is 15.6. The molecule has 10 unspecified atom stereocenters. The summed E-state index contributed by atoms with van der Waals surface area (Å²) >= 11 is 22.4. The highest BCUT2D eigenvalue weighted by Gasteiger charge is 2.57. The van der Waals surface area contributed by atoms with Crippen LogP contribution in [0.25, 0.3) is 22.3 Å². The van der Waals surface area contributed by atoms with Crippen molar-refractivity contribution in [1.82, 2.24) is 77.2 Å². The molecule has 28 atom stereocenters. The maximum Gasteiger partial charge on any atom is 0.351 e. The summed E-state index contributed by atoms with van der Waals surface area (Å²) in [4.78, 5) is 189. The SMILES string of the molecule is CC[C@H]1O[C@@H](n2cc(C)c(=O)[nH]c2=O)C[C@H]1OP([O-])(=S)OC[C@H]1O[C@@H](n2cc(C)c(N)nc2=O)C(OCCOC)[C@H]1OP(=O)([S-])OC[C@H]1O[C@@H](n2cnc3c(N)ncnc32)C(OCCOC)[C@H]1OP(=O)([O-])OC[C@H]1O[C@@H](n2cc(C)c(=O)[nH]c2=O)C(OCCOC)[C@H]1OP([O-])(=S)OC[C@H]1O[C@@H](n2cnc3c(N)ncnc32)C(OCCOC)[C@H]1OP([O-])(=S)OC[C@H]1O[C@@H](n2cc(C)c(=O)[nH]c2=O)C(OCCOC)[C@H]1O. The number of phosphoric acid groups is 1. The highest BCUT2D eigenvalue weighted by atomic mass is 32.7. The number of aryl methyl sites for hydroxylation is 4. The van der Waals surface area contributed by atoms with Gasteiger partial charge in [-0.3, -0.25) is 65.9 Å². The zero-order valence-corrected chi connectivity index (χ0v) is 85.9. The van der Waals surface area contributed by atoms with E-state index in [0.717, 1.165) is 37.1 Å². The van der Waals surface area contributed by atoms with Crippen LogP contribution in [-0.2, 0) is 178 Å². The molecule has 0 saturated carbocycles. The first kappa shape index (κ1) is 113. The number of phosphoric ester groups is 1. The van der Waals surface area contributed by atoms with E-state index in [1.165, 1.54) is 104 Å². The number of hydrogen-bond acceptors (Lipinski definition) is 54. The number of aliphatic hydroxyl groups is 1. The molecule has 798 valence electrons. The van der Waals surface area contributed by atoms with Crippen LogP contribution in [0.3, 0.4) is 0 Å². The number of nitrogens with two attached hydrogens (primary N) is 3. The summed E-state index contributed by atoms with van der Waals surface area (Å²) < 4.78 is 194. The van der Waals surface area contributed by atoms with E-state index >= 15 is 23.8 Å². The minimum absolute atomic E-state index is 0.000123. The van der Waals surface area contributed by atoms with Gasteiger partial charge in [0, 0.05) is 89.0 Å². The first-order chi connectivity index (χ1) is 68.5. The lowest BCUT2D eigenvalue weighted by atomic mass is 10.1. The van der Waals surface area contributed by atoms with Gasteiger partial charge in [0.25, 0.3) is 24.5 Å². The van der Waals surface area contributed by atoms with E-state index in [2.05, 4.69) is 49.8 Å². The van der Waals surface area contributed by atoms with Gasteiger partial charge in [-0.1, -0.05) is 42.3 Å². The minimum Gasteiger partial charge on any atom is -0.780 e. The molecule has 8 aromatic heterocycles. The molecule has 0 aliphatic carbocycles. The number of nitrogen functional groups attached to an aromatic ring is 3. The Kier molecular flexibility index (Phi) is 38.2. The summed E-state index contributed by atoms with van der Waals surface area (Å²) in [5.74, 6) is -0.396. The third-order valence-electron chi connectivity index (χ3n) is 23.3. The molecule has 10 N–H and O–H groups in total. The third-order valence-corrected chi connectivity index (χ3v) is 30.5. The molecule has 14 rings (SSSR count). The second-order valence-corrected chi connectivity index (χ2v) is 45.2. The summed E-state index contributed by atoms with van der Waals surface area (Å²) in [6.45, 7) is -20.3. The Hall–Kier alpha value is -7.06. The molecule has 0 bridgehead atoms. The van der Waals surface area contributed by atoms with Crippen LogP contribution in [0.2, 0.25) is 0 Å². The van der Waals surface area contributed by atoms with Gasteiger partial charge >= 0.3 is 22.8 Å². The zero-order chi connectivity index (χ0) is 104. The van der Waals surface area contributed by atoms with E-state index in [4.69, 9.17) is 186 Å². The number of hydrogen-bond donors (Lipinski definition) is 7. The minimum atomic E-state index is -6.16. The molecule has 0 spiro atoms. The number of aromatic amines is 3. The van der Waals surface area contributed by atoms with E-state index in [9.17, 15) is 43.6 Å². The van der Waals surface area contributed by atoms with Gasteiger partial charge in [-0.15, -0.1) is 0 Å². The number of methoxy groups -OCH3 is 5. The van der Waals surface area contributed by atoms with Crippen molar-refractivity contribution in [2.24, 2.45) is 0 Å². The molecular formula is C76H105N19O40P5S4-5. The van der Waals surface area contributed by atoms with Crippen molar-refractivity contribution >= 4 is 122 Å². The van der Waals surface area contributed by atoms with Crippen LogP contribution in [0, 0.1) is 27.7 Å². The number of aliphatic hydroxyl groups excluding tert-OH is 1. The molecule has 59 nitrogen and oxygen atoms in total. The lowest BCUT2D eigenvalue weighted by Crippen LogP contribution is -2.42. The fourth-order valence-electron chi connectivity index (χ4n) is 16.4. The van der Waals surface area contributed by atoms with Crippen molar-refractivity contribution in [1.29, 1.82) is 0 Å². The Morgan fingerprint density at radius 2 is 0.764 bits per heavy atom. The first-order valence-corrected chi connectivity index (χ1v) is 55.7. The number of nitrogens with one attached hydrogen (secondary N) is 3. The molecule has 0 aromatic carbocycles. The van der Waals surface area contributed by atoms with E-state index in [-0.39, 0.29) is 134 Å². The first-order valence-electron chi connectivity index (χ1n) is 44.0. The van der Waals surface area contributed by atoms with Crippen molar-refractivity contribution in [2.75, 3.05) is 152 Å². The molecule has 14 heterocycles. The van der Waals surface area contributed by atoms with Crippen LogP contribution < -0.4 is 76.2 Å². The number of fused-ring (bicyclic) bond motifs is 2. The van der Waals surface area contributed by atoms with Crippen molar-refractivity contribution in [3.05, 3.63) is 145 Å². The Morgan fingerprint density at radius 1 is 0.417 bits per heavy atom. The van der Waals surface area contributed by atoms with Crippen molar-refractivity contribution in [3.63, 3.8) is 0 Å². The Morgan fingerprint density at radius 3 is 1.19 bits per heavy atom. The largest absolute Gasteiger partial charge is 0.780 e. The molecule has 144 heavy (non-hydrogen) atoms. The van der Waals surface area contributed by atoms with Gasteiger partial charge in [-0.2, -0.15) is 4.98 Å². The zero-order valence-electron chi connectivity index (χ0n) is 78.2. The average molecular weight is 2210 g/mol. The second-order valence-electron chi connectivity index (χ2n) is 33.0. The Balaban J connectivity index is 0.758. The van der Waals surface area contributed by atoms with E-state index in [0.29, 0.717) is 0 Å². The highest BCUT2D eigenvalue weighted by Crippen LogP contribution is 2.57. The predicted octanol–water partition coefficient (Wildman–Crippen LogP) is -3.86. The van der Waals surface area contributed by atoms with Gasteiger partial charge in [-0.05, 0) is 34.1 Å². The van der Waals surface area contributed by atoms with Gasteiger partial charge in [0.2, 0.25) is 0 Å². The fraction of sp³-hybridized carbons (Fsp3) is 0.658. The summed E-state index contributed by atoms with van der Waals surface area (Å²) in [5, 5.41) is 11.8. The summed E-state index contributed by atoms with van der Waals surface area (Å²) in [6.07, 6.45) is -27.9. The van der Waals surface area contributed by atoms with Gasteiger partial charge in [0.05, 0.1) is 124 Å². The van der Waals surface area contributed by atoms with Crippen LogP contribution in [0.1, 0.15) is 79.4 Å². The molecule has 6 saturated heterocycles. The Labute approximate surface area is 835 Å². The van der Waals surface area contributed by atoms with Gasteiger partial charge < -0.3 is 175 Å². The van der Waals surface area contributed by atoms with Crippen LogP contribution in [0.4, 0.5) is 17.5 Å². The van der Waals surface area contributed by atoms with Gasteiger partial charge in [-0.25, -0.2) is 49.1 Å². The second kappa shape index (κ2) is 48.9. The number of nitrogens with zero attached hydrogens (tertiary/aromatic N) is 13. The number of aromatic nitrogens is 16. The summed E-state index contributed by atoms with van der Waals surface area (Å²) in [7, 11) is 0.540. The fourth-order valence-corrected chi connectivity index (χ4v) is 23.1. The molecule has 6 aliphatic rings. The van der Waals surface area contributed by atoms with Crippen LogP contribution in [0.15, 0.2) is 83.7 Å². The lowest BCUT2D eigenvalue weighted by molar-refractivity contribution is -0.238. The topological polar surface area (TPSA) is 751 Å². The number of ether oxygens (including phenoxy) is 16. The summed E-state index contributed by atoms with van der Waals surface area (Å²) in [6, 6.07) is 0. The third kappa shape index (κ3) is 26.7. The summed E-state index contributed by atoms with van der Waals surface area (Å²) in [5.41, 5.74) is 12.9. The van der Waals surface area contributed by atoms with Crippen molar-refractivity contribution < 1.29 is 155 Å². The number of anilines is 3. The van der Waals surface area contributed by atoms with Crippen molar-refractivity contribution in [2.45, 2.75) is 189 Å². The lowest BCUT2D eigenvalue weighted by Gasteiger charge is -2.37. The maximum atomic E-state index is 15.6. The van der Waals surface area contributed by atoms with E-state index in [1.807, 2.05) is 0 Å². The van der Waals surface area contributed by atoms with E-state index < -0.39 is 255 Å². The van der Waals surface area contributed by atoms with Crippen LogP contribution >= 0.6 is 34.8 Å². The van der Waals surface area contributed by atoms with Crippen LogP contribution in [0.5, 0.6) is 0 Å². The average Bonchev–Trinajstić information content (AvgIpc) is 1.61. The molecule has 68 heteroatoms. The monoisotopic (exact) mass is 2210 g/mol. The van der Waals surface area contributed by atoms with Gasteiger partial charge in [0.1, 0.15) is 147 Å². The van der Waals surface area contributed by atoms with Gasteiger partial charge in [0.15, 0.2) is 60.9 Å². The molecule has 6 fully saturated rings. The molecule has 0 radical (unpaired) electrons. The number of H-pyrrole nitrogens is 3. The molecule has 8 aromatic rings. The van der Waals surface area contributed by atoms with Crippen LogP contribution in [-0.4, -0.2) is 321 Å². The predicted molar refractivity (Wildman–Crippen MR) is 497 cm³/mol. The number of rotatable bonds is 52.